The van der Waals surface area contributed by atoms with Crippen LogP contribution in [0.2, 0.25) is 0 Å². The van der Waals surface area contributed by atoms with Crippen molar-refractivity contribution >= 4 is 23.0 Å². The lowest BCUT2D eigenvalue weighted by Gasteiger charge is -2.23. The standard InChI is InChI=1S/C22H19F4N5O4/c23-21-11-30(19(32)14-3-6-17-18(7-14)28-29-27-17)8-15(21)9-31(12-21)20(33)34-10-13-1-4-16(5-2-13)35-22(24,25)26/h1-7,15H,8-12H2,(H,27,28,29)/t15-,21+/m0/s1. The Morgan fingerprint density at radius 3 is 2.43 bits per heavy atom. The lowest BCUT2D eigenvalue weighted by atomic mass is 9.97. The van der Waals surface area contributed by atoms with Crippen LogP contribution in [0.3, 0.4) is 0 Å². The molecular formula is C22H19F4N5O4. The third-order valence-corrected chi connectivity index (χ3v) is 6.15. The largest absolute Gasteiger partial charge is 0.573 e. The van der Waals surface area contributed by atoms with Crippen LogP contribution >= 0.6 is 0 Å². The number of halogens is 4. The van der Waals surface area contributed by atoms with Gasteiger partial charge >= 0.3 is 12.5 Å². The van der Waals surface area contributed by atoms with Crippen LogP contribution in [0.25, 0.3) is 11.0 Å². The molecule has 0 radical (unpaired) electrons. The summed E-state index contributed by atoms with van der Waals surface area (Å²) < 4.78 is 61.3. The second kappa shape index (κ2) is 8.40. The van der Waals surface area contributed by atoms with Gasteiger partial charge in [-0.15, -0.1) is 13.2 Å². The second-order valence-electron chi connectivity index (χ2n) is 8.57. The molecule has 0 unspecified atom stereocenters. The minimum atomic E-state index is -4.80. The van der Waals surface area contributed by atoms with Crippen LogP contribution in [-0.2, 0) is 11.3 Å². The maximum atomic E-state index is 15.6. The van der Waals surface area contributed by atoms with E-state index in [1.807, 2.05) is 0 Å². The van der Waals surface area contributed by atoms with Crippen molar-refractivity contribution in [2.24, 2.45) is 5.92 Å². The van der Waals surface area contributed by atoms with Gasteiger partial charge in [0, 0.05) is 24.6 Å². The Bertz CT molecular complexity index is 1260. The zero-order valence-corrected chi connectivity index (χ0v) is 18.1. The average Bonchev–Trinajstić information content (AvgIpc) is 3.48. The Morgan fingerprint density at radius 2 is 1.71 bits per heavy atom. The molecule has 2 aliphatic rings. The Balaban J connectivity index is 1.15. The summed E-state index contributed by atoms with van der Waals surface area (Å²) in [6.07, 6.45) is -5.53. The van der Waals surface area contributed by atoms with E-state index >= 15 is 4.39 Å². The van der Waals surface area contributed by atoms with E-state index < -0.39 is 24.0 Å². The predicted molar refractivity (Wildman–Crippen MR) is 112 cm³/mol. The summed E-state index contributed by atoms with van der Waals surface area (Å²) in [6, 6.07) is 9.75. The molecule has 13 heteroatoms. The van der Waals surface area contributed by atoms with Gasteiger partial charge in [-0.1, -0.05) is 12.1 Å². The number of aromatic amines is 1. The molecule has 35 heavy (non-hydrogen) atoms. The van der Waals surface area contributed by atoms with E-state index in [1.165, 1.54) is 21.9 Å². The number of hydrogen-bond donors (Lipinski definition) is 1. The zero-order chi connectivity index (χ0) is 24.8. The number of likely N-dealkylation sites (tertiary alicyclic amines) is 2. The minimum absolute atomic E-state index is 0.0831. The maximum Gasteiger partial charge on any atom is 0.573 e. The van der Waals surface area contributed by atoms with Gasteiger partial charge in [-0.3, -0.25) is 4.79 Å². The fourth-order valence-corrected chi connectivity index (χ4v) is 4.46. The van der Waals surface area contributed by atoms with E-state index in [2.05, 4.69) is 20.1 Å². The lowest BCUT2D eigenvalue weighted by molar-refractivity contribution is -0.274. The first kappa shape index (κ1) is 22.9. The molecule has 2 amide bonds. The Morgan fingerprint density at radius 1 is 1.03 bits per heavy atom. The molecule has 9 nitrogen and oxygen atoms in total. The van der Waals surface area contributed by atoms with Crippen molar-refractivity contribution in [1.29, 1.82) is 0 Å². The molecule has 0 aliphatic carbocycles. The normalized spacial score (nSPS) is 21.9. The number of fused-ring (bicyclic) bond motifs is 2. The molecule has 1 N–H and O–H groups in total. The molecule has 2 fully saturated rings. The van der Waals surface area contributed by atoms with Crippen molar-refractivity contribution in [3.8, 4) is 5.75 Å². The molecule has 0 saturated carbocycles. The summed E-state index contributed by atoms with van der Waals surface area (Å²) in [7, 11) is 0. The first-order valence-electron chi connectivity index (χ1n) is 10.6. The summed E-state index contributed by atoms with van der Waals surface area (Å²) in [5, 5.41) is 10.4. The molecule has 1 aromatic heterocycles. The smallest absolute Gasteiger partial charge is 0.445 e. The average molecular weight is 493 g/mol. The molecule has 3 aromatic rings. The molecular weight excluding hydrogens is 474 g/mol. The number of nitrogens with one attached hydrogen (secondary N) is 1. The highest BCUT2D eigenvalue weighted by atomic mass is 19.4. The van der Waals surface area contributed by atoms with E-state index in [9.17, 15) is 22.8 Å². The summed E-state index contributed by atoms with van der Waals surface area (Å²) in [5.41, 5.74) is 0.202. The van der Waals surface area contributed by atoms with Gasteiger partial charge in [0.25, 0.3) is 5.91 Å². The highest BCUT2D eigenvalue weighted by molar-refractivity contribution is 5.97. The molecule has 2 atom stereocenters. The number of carbonyl (C=O) groups excluding carboxylic acids is 2. The number of aromatic nitrogens is 3. The highest BCUT2D eigenvalue weighted by Gasteiger charge is 2.55. The zero-order valence-electron chi connectivity index (χ0n) is 18.1. The monoisotopic (exact) mass is 493 g/mol. The van der Waals surface area contributed by atoms with Crippen molar-refractivity contribution in [2.75, 3.05) is 26.2 Å². The Hall–Kier alpha value is -3.90. The number of nitrogens with zero attached hydrogens (tertiary/aromatic N) is 4. The Labute approximate surface area is 195 Å². The quantitative estimate of drug-likeness (QED) is 0.560. The third kappa shape index (κ3) is 4.70. The van der Waals surface area contributed by atoms with Crippen LogP contribution in [0, 0.1) is 5.92 Å². The van der Waals surface area contributed by atoms with Gasteiger partial charge in [-0.25, -0.2) is 9.18 Å². The minimum Gasteiger partial charge on any atom is -0.445 e. The van der Waals surface area contributed by atoms with Crippen LogP contribution < -0.4 is 4.74 Å². The van der Waals surface area contributed by atoms with Crippen LogP contribution in [-0.4, -0.2) is 75.4 Å². The van der Waals surface area contributed by atoms with Crippen LogP contribution in [0.5, 0.6) is 5.75 Å². The van der Waals surface area contributed by atoms with Gasteiger partial charge in [0.05, 0.1) is 13.1 Å². The van der Waals surface area contributed by atoms with Crippen LogP contribution in [0.15, 0.2) is 42.5 Å². The molecule has 0 bridgehead atoms. The molecule has 2 aromatic carbocycles. The van der Waals surface area contributed by atoms with Gasteiger partial charge < -0.3 is 19.3 Å². The predicted octanol–water partition coefficient (Wildman–Crippen LogP) is 3.29. The topological polar surface area (TPSA) is 101 Å². The molecule has 2 aliphatic heterocycles. The number of ether oxygens (including phenoxy) is 2. The Kier molecular flexibility index (Phi) is 5.49. The number of hydrogen-bond acceptors (Lipinski definition) is 6. The van der Waals surface area contributed by atoms with Crippen molar-refractivity contribution in [3.63, 3.8) is 0 Å². The first-order valence-corrected chi connectivity index (χ1v) is 10.6. The lowest BCUT2D eigenvalue weighted by Crippen LogP contribution is -2.40. The summed E-state index contributed by atoms with van der Waals surface area (Å²) >= 11 is 0. The van der Waals surface area contributed by atoms with E-state index in [4.69, 9.17) is 4.74 Å². The number of benzene rings is 2. The fraction of sp³-hybridized carbons (Fsp3) is 0.364. The number of carbonyl (C=O) groups is 2. The van der Waals surface area contributed by atoms with Gasteiger partial charge in [-0.2, -0.15) is 15.4 Å². The van der Waals surface area contributed by atoms with Crippen molar-refractivity contribution < 1.29 is 36.6 Å². The van der Waals surface area contributed by atoms with E-state index in [1.54, 1.807) is 18.2 Å². The van der Waals surface area contributed by atoms with Gasteiger partial charge in [0.2, 0.25) is 0 Å². The van der Waals surface area contributed by atoms with Crippen molar-refractivity contribution in [2.45, 2.75) is 18.6 Å². The van der Waals surface area contributed by atoms with Gasteiger partial charge in [0.1, 0.15) is 23.4 Å². The SMILES string of the molecule is O=C(OCc1ccc(OC(F)(F)F)cc1)N1C[C@@H]2CN(C(=O)c3ccc4n[nH]nc4c3)C[C@@]2(F)C1. The van der Waals surface area contributed by atoms with E-state index in [0.29, 0.717) is 22.2 Å². The highest BCUT2D eigenvalue weighted by Crippen LogP contribution is 2.39. The number of amides is 2. The number of alkyl halides is 4. The van der Waals surface area contributed by atoms with Crippen LogP contribution in [0.4, 0.5) is 22.4 Å². The number of rotatable bonds is 4. The second-order valence-corrected chi connectivity index (χ2v) is 8.57. The van der Waals surface area contributed by atoms with E-state index in [-0.39, 0.29) is 44.4 Å². The van der Waals surface area contributed by atoms with Crippen LogP contribution in [0.1, 0.15) is 15.9 Å². The van der Waals surface area contributed by atoms with Crippen molar-refractivity contribution in [1.82, 2.24) is 25.2 Å². The maximum absolute atomic E-state index is 15.6. The third-order valence-electron chi connectivity index (χ3n) is 6.15. The summed E-state index contributed by atoms with van der Waals surface area (Å²) in [6.45, 7) is -0.337. The van der Waals surface area contributed by atoms with Crippen molar-refractivity contribution in [3.05, 3.63) is 53.6 Å². The number of H-pyrrole nitrogens is 1. The molecule has 184 valence electrons. The fourth-order valence-electron chi connectivity index (χ4n) is 4.46. The molecule has 3 heterocycles. The van der Waals surface area contributed by atoms with Gasteiger partial charge in [0.15, 0.2) is 5.67 Å². The molecule has 0 spiro atoms. The first-order chi connectivity index (χ1) is 16.6. The van der Waals surface area contributed by atoms with E-state index in [0.717, 1.165) is 12.1 Å². The molecule has 5 rings (SSSR count). The molecule has 2 saturated heterocycles. The summed E-state index contributed by atoms with van der Waals surface area (Å²) in [4.78, 5) is 28.0. The van der Waals surface area contributed by atoms with Gasteiger partial charge in [-0.05, 0) is 35.9 Å². The summed E-state index contributed by atoms with van der Waals surface area (Å²) in [5.74, 6) is -1.28.